The van der Waals surface area contributed by atoms with Crippen molar-refractivity contribution >= 4 is 5.91 Å². The molecular weight excluding hydrogens is 268 g/mol. The average molecular weight is 286 g/mol. The minimum Gasteiger partial charge on any atom is -0.345 e. The number of hydrogen-bond donors (Lipinski definition) is 2. The molecule has 3 heterocycles. The second-order valence-electron chi connectivity index (χ2n) is 5.24. The van der Waals surface area contributed by atoms with Gasteiger partial charge in [0, 0.05) is 31.5 Å². The van der Waals surface area contributed by atoms with Gasteiger partial charge in [0.15, 0.2) is 0 Å². The number of amides is 1. The Morgan fingerprint density at radius 1 is 1.52 bits per heavy atom. The van der Waals surface area contributed by atoms with Crippen molar-refractivity contribution in [3.8, 4) is 0 Å². The number of nitrogens with one attached hydrogen (secondary N) is 2. The second kappa shape index (κ2) is 6.45. The largest absolute Gasteiger partial charge is 0.345 e. The molecule has 2 aromatic rings. The second-order valence-corrected chi connectivity index (χ2v) is 5.24. The molecule has 2 aromatic heterocycles. The first-order valence-corrected chi connectivity index (χ1v) is 7.09. The maximum Gasteiger partial charge on any atom is 0.288 e. The minimum absolute atomic E-state index is 0.146. The van der Waals surface area contributed by atoms with E-state index < -0.39 is 0 Å². The number of aromatic nitrogens is 4. The highest BCUT2D eigenvalue weighted by atomic mass is 16.2. The van der Waals surface area contributed by atoms with Crippen molar-refractivity contribution in [1.82, 2.24) is 30.4 Å². The third kappa shape index (κ3) is 3.63. The first-order valence-electron chi connectivity index (χ1n) is 7.09. The van der Waals surface area contributed by atoms with Crippen LogP contribution in [0.25, 0.3) is 0 Å². The number of nitrogens with zero attached hydrogens (tertiary/aromatic N) is 4. The van der Waals surface area contributed by atoms with Crippen LogP contribution in [0.4, 0.5) is 0 Å². The highest BCUT2D eigenvalue weighted by Gasteiger charge is 2.22. The molecule has 0 aromatic carbocycles. The van der Waals surface area contributed by atoms with Gasteiger partial charge < -0.3 is 5.32 Å². The van der Waals surface area contributed by atoms with E-state index in [4.69, 9.17) is 0 Å². The molecule has 0 unspecified atom stereocenters. The molecule has 1 aliphatic heterocycles. The summed E-state index contributed by atoms with van der Waals surface area (Å²) < 4.78 is 0. The molecule has 0 bridgehead atoms. The molecule has 2 N–H and O–H groups in total. The highest BCUT2D eigenvalue weighted by Crippen LogP contribution is 2.13. The van der Waals surface area contributed by atoms with Gasteiger partial charge in [-0.15, -0.1) is 0 Å². The third-order valence-corrected chi connectivity index (χ3v) is 3.60. The van der Waals surface area contributed by atoms with Gasteiger partial charge in [-0.05, 0) is 31.0 Å². The zero-order valence-electron chi connectivity index (χ0n) is 11.7. The van der Waals surface area contributed by atoms with Gasteiger partial charge in [0.1, 0.15) is 6.33 Å². The molecule has 1 amide bonds. The number of H-pyrrole nitrogens is 1. The molecule has 0 radical (unpaired) electrons. The van der Waals surface area contributed by atoms with Crippen molar-refractivity contribution in [2.45, 2.75) is 25.4 Å². The molecule has 3 rings (SSSR count). The first kappa shape index (κ1) is 13.7. The normalized spacial score (nSPS) is 19.3. The van der Waals surface area contributed by atoms with Gasteiger partial charge in [-0.2, -0.15) is 5.10 Å². The lowest BCUT2D eigenvalue weighted by Crippen LogP contribution is -2.47. The van der Waals surface area contributed by atoms with Crippen molar-refractivity contribution < 1.29 is 4.79 Å². The molecule has 1 saturated heterocycles. The summed E-state index contributed by atoms with van der Waals surface area (Å²) in [4.78, 5) is 22.3. The lowest BCUT2D eigenvalue weighted by molar-refractivity contribution is 0.0890. The molecule has 0 saturated carbocycles. The smallest absolute Gasteiger partial charge is 0.288 e. The van der Waals surface area contributed by atoms with E-state index in [0.717, 1.165) is 32.5 Å². The Hall–Kier alpha value is -2.28. The number of piperidine rings is 1. The monoisotopic (exact) mass is 286 g/mol. The zero-order chi connectivity index (χ0) is 14.5. The molecule has 0 aliphatic carbocycles. The van der Waals surface area contributed by atoms with Gasteiger partial charge in [-0.3, -0.25) is 19.8 Å². The molecule has 1 aliphatic rings. The molecule has 7 nitrogen and oxygen atoms in total. The molecule has 0 spiro atoms. The Morgan fingerprint density at radius 3 is 3.24 bits per heavy atom. The minimum atomic E-state index is -0.194. The lowest BCUT2D eigenvalue weighted by Gasteiger charge is -2.32. The summed E-state index contributed by atoms with van der Waals surface area (Å²) in [5.41, 5.74) is 1.19. The lowest BCUT2D eigenvalue weighted by atomic mass is 10.0. The summed E-state index contributed by atoms with van der Waals surface area (Å²) >= 11 is 0. The molecule has 1 fully saturated rings. The Labute approximate surface area is 122 Å². The molecule has 21 heavy (non-hydrogen) atoms. The van der Waals surface area contributed by atoms with E-state index in [1.807, 2.05) is 12.3 Å². The Morgan fingerprint density at radius 2 is 2.48 bits per heavy atom. The summed E-state index contributed by atoms with van der Waals surface area (Å²) in [6.45, 7) is 2.75. The number of hydrogen-bond acceptors (Lipinski definition) is 5. The van der Waals surface area contributed by atoms with E-state index in [2.05, 4.69) is 36.4 Å². The highest BCUT2D eigenvalue weighted by molar-refractivity contribution is 5.90. The van der Waals surface area contributed by atoms with Crippen LogP contribution in [0.2, 0.25) is 0 Å². The number of aromatic amines is 1. The molecule has 110 valence electrons. The fraction of sp³-hybridized carbons (Fsp3) is 0.429. The maximum absolute atomic E-state index is 12.0. The van der Waals surface area contributed by atoms with E-state index in [-0.39, 0.29) is 17.8 Å². The summed E-state index contributed by atoms with van der Waals surface area (Å²) in [6.07, 6.45) is 7.06. The average Bonchev–Trinajstić information content (AvgIpc) is 3.03. The van der Waals surface area contributed by atoms with E-state index >= 15 is 0 Å². The van der Waals surface area contributed by atoms with Crippen molar-refractivity contribution in [2.75, 3.05) is 13.1 Å². The summed E-state index contributed by atoms with van der Waals surface area (Å²) in [5.74, 6) is 0.0695. The zero-order valence-corrected chi connectivity index (χ0v) is 11.7. The van der Waals surface area contributed by atoms with Gasteiger partial charge >= 0.3 is 0 Å². The molecule has 7 heteroatoms. The van der Waals surface area contributed by atoms with Crippen LogP contribution < -0.4 is 5.32 Å². The van der Waals surface area contributed by atoms with Crippen LogP contribution in [0.5, 0.6) is 0 Å². The van der Waals surface area contributed by atoms with Crippen molar-refractivity contribution in [2.24, 2.45) is 0 Å². The van der Waals surface area contributed by atoms with E-state index in [0.29, 0.717) is 0 Å². The maximum atomic E-state index is 12.0. The molecule has 1 atom stereocenters. The van der Waals surface area contributed by atoms with Gasteiger partial charge in [-0.25, -0.2) is 4.98 Å². The van der Waals surface area contributed by atoms with Crippen LogP contribution in [-0.4, -0.2) is 50.1 Å². The van der Waals surface area contributed by atoms with E-state index in [1.165, 1.54) is 11.9 Å². The number of rotatable bonds is 4. The number of carbonyl (C=O) groups is 1. The van der Waals surface area contributed by atoms with E-state index in [1.54, 1.807) is 6.20 Å². The Balaban J connectivity index is 1.55. The van der Waals surface area contributed by atoms with Gasteiger partial charge in [0.05, 0.1) is 0 Å². The predicted octanol–water partition coefficient (Wildman–Crippen LogP) is 0.594. The van der Waals surface area contributed by atoms with Gasteiger partial charge in [0.2, 0.25) is 5.82 Å². The van der Waals surface area contributed by atoms with Crippen LogP contribution in [-0.2, 0) is 6.54 Å². The van der Waals surface area contributed by atoms with Crippen LogP contribution >= 0.6 is 0 Å². The summed E-state index contributed by atoms with van der Waals surface area (Å²) in [5, 5.41) is 9.28. The van der Waals surface area contributed by atoms with Crippen LogP contribution in [0.1, 0.15) is 29.0 Å². The fourth-order valence-corrected chi connectivity index (χ4v) is 2.64. The van der Waals surface area contributed by atoms with Crippen LogP contribution in [0.3, 0.4) is 0 Å². The summed E-state index contributed by atoms with van der Waals surface area (Å²) in [7, 11) is 0. The summed E-state index contributed by atoms with van der Waals surface area (Å²) in [6, 6.07) is 4.17. The van der Waals surface area contributed by atoms with Gasteiger partial charge in [-0.1, -0.05) is 6.07 Å². The number of carbonyl (C=O) groups excluding carboxylic acids is 1. The van der Waals surface area contributed by atoms with Crippen LogP contribution in [0, 0.1) is 0 Å². The fourth-order valence-electron chi connectivity index (χ4n) is 2.64. The third-order valence-electron chi connectivity index (χ3n) is 3.60. The van der Waals surface area contributed by atoms with Crippen molar-refractivity contribution in [3.05, 3.63) is 42.2 Å². The molecular formula is C14H18N6O. The predicted molar refractivity (Wildman–Crippen MR) is 76.4 cm³/mol. The van der Waals surface area contributed by atoms with E-state index in [9.17, 15) is 4.79 Å². The van der Waals surface area contributed by atoms with Crippen LogP contribution in [0.15, 0.2) is 30.9 Å². The standard InChI is InChI=1S/C14H18N6O/c21-14(13-16-10-17-19-13)18-12-4-2-6-20(9-12)8-11-3-1-5-15-7-11/h1,3,5,7,10,12H,2,4,6,8-9H2,(H,18,21)(H,16,17,19)/t12-/m1/s1. The number of pyridine rings is 1. The Bertz CT molecular complexity index is 570. The first-order chi connectivity index (χ1) is 10.3. The number of likely N-dealkylation sites (tertiary alicyclic amines) is 1. The van der Waals surface area contributed by atoms with Crippen molar-refractivity contribution in [3.63, 3.8) is 0 Å². The van der Waals surface area contributed by atoms with Gasteiger partial charge in [0.25, 0.3) is 5.91 Å². The Kier molecular flexibility index (Phi) is 4.20. The topological polar surface area (TPSA) is 86.8 Å². The van der Waals surface area contributed by atoms with Crippen molar-refractivity contribution in [1.29, 1.82) is 0 Å². The SMILES string of the molecule is O=C(N[C@@H]1CCCN(Cc2cccnc2)C1)c1ncn[nH]1. The quantitative estimate of drug-likeness (QED) is 0.859.